The molecular weight excluding hydrogens is 354 g/mol. The quantitative estimate of drug-likeness (QED) is 0.594. The Labute approximate surface area is 150 Å². The summed E-state index contributed by atoms with van der Waals surface area (Å²) < 4.78 is 6.84. The first kappa shape index (κ1) is 15.2. The normalized spacial score (nSPS) is 14.2. The molecule has 0 saturated heterocycles. The molecule has 1 aliphatic rings. The van der Waals surface area contributed by atoms with Crippen molar-refractivity contribution in [2.45, 2.75) is 25.3 Å². The Morgan fingerprint density at radius 3 is 3.00 bits per heavy atom. The summed E-state index contributed by atoms with van der Waals surface area (Å²) in [5.41, 5.74) is 0.849. The maximum Gasteiger partial charge on any atom is 0.297 e. The topological polar surface area (TPSA) is 103 Å². The van der Waals surface area contributed by atoms with Crippen LogP contribution in [0.25, 0.3) is 22.1 Å². The van der Waals surface area contributed by atoms with E-state index in [1.54, 1.807) is 6.07 Å². The van der Waals surface area contributed by atoms with E-state index in [9.17, 15) is 9.59 Å². The van der Waals surface area contributed by atoms with Gasteiger partial charge in [0, 0.05) is 11.3 Å². The van der Waals surface area contributed by atoms with Crippen LogP contribution in [0, 0.1) is 0 Å². The second-order valence-corrected chi connectivity index (χ2v) is 7.23. The van der Waals surface area contributed by atoms with E-state index in [-0.39, 0.29) is 18.0 Å². The highest BCUT2D eigenvalue weighted by atomic mass is 32.1. The molecule has 1 amide bonds. The van der Waals surface area contributed by atoms with Crippen LogP contribution >= 0.6 is 11.3 Å². The molecular formula is C17H13N5O3S. The minimum Gasteiger partial charge on any atom is -0.448 e. The van der Waals surface area contributed by atoms with E-state index in [1.807, 2.05) is 18.2 Å². The highest BCUT2D eigenvalue weighted by Gasteiger charge is 2.27. The van der Waals surface area contributed by atoms with Crippen molar-refractivity contribution in [3.8, 4) is 0 Å². The standard InChI is InChI=1S/C17H13N5O3S/c23-12(19-17-21-20-15(26-17)9-5-6-9)7-22-8-18-13-10-3-1-2-4-11(10)25-14(13)16(22)24/h1-4,8-9H,5-7H2,(H,19,21,23). The van der Waals surface area contributed by atoms with Gasteiger partial charge in [-0.3, -0.25) is 19.5 Å². The maximum atomic E-state index is 12.6. The van der Waals surface area contributed by atoms with Gasteiger partial charge in [0.1, 0.15) is 22.7 Å². The predicted molar refractivity (Wildman–Crippen MR) is 96.3 cm³/mol. The Hall–Kier alpha value is -3.07. The zero-order valence-corrected chi connectivity index (χ0v) is 14.3. The van der Waals surface area contributed by atoms with Crippen LogP contribution in [0.1, 0.15) is 23.8 Å². The number of anilines is 1. The lowest BCUT2D eigenvalue weighted by Gasteiger charge is -2.04. The minimum absolute atomic E-state index is 0.147. The Morgan fingerprint density at radius 2 is 2.15 bits per heavy atom. The van der Waals surface area contributed by atoms with Gasteiger partial charge in [-0.25, -0.2) is 4.98 Å². The number of aromatic nitrogens is 4. The highest BCUT2D eigenvalue weighted by Crippen LogP contribution is 2.42. The Morgan fingerprint density at radius 1 is 1.31 bits per heavy atom. The van der Waals surface area contributed by atoms with E-state index in [0.717, 1.165) is 23.2 Å². The number of rotatable bonds is 4. The summed E-state index contributed by atoms with van der Waals surface area (Å²) >= 11 is 1.38. The van der Waals surface area contributed by atoms with Crippen LogP contribution in [0.15, 0.2) is 39.8 Å². The first-order valence-corrected chi connectivity index (χ1v) is 9.00. The van der Waals surface area contributed by atoms with Crippen molar-refractivity contribution < 1.29 is 9.21 Å². The van der Waals surface area contributed by atoms with Crippen LogP contribution in [-0.2, 0) is 11.3 Å². The number of para-hydroxylation sites is 1. The summed E-state index contributed by atoms with van der Waals surface area (Å²) in [5, 5.41) is 12.9. The molecule has 1 N–H and O–H groups in total. The molecule has 3 heterocycles. The number of fused-ring (bicyclic) bond motifs is 3. The fourth-order valence-corrected chi connectivity index (χ4v) is 3.75. The molecule has 3 aromatic heterocycles. The third kappa shape index (κ3) is 2.57. The van der Waals surface area contributed by atoms with Gasteiger partial charge < -0.3 is 4.42 Å². The largest absolute Gasteiger partial charge is 0.448 e. The van der Waals surface area contributed by atoms with Crippen molar-refractivity contribution >= 4 is 44.4 Å². The lowest BCUT2D eigenvalue weighted by atomic mass is 10.2. The van der Waals surface area contributed by atoms with E-state index in [0.29, 0.717) is 22.1 Å². The first-order valence-electron chi connectivity index (χ1n) is 8.19. The Kier molecular flexibility index (Phi) is 3.35. The average molecular weight is 367 g/mol. The lowest BCUT2D eigenvalue weighted by Crippen LogP contribution is -2.27. The summed E-state index contributed by atoms with van der Waals surface area (Å²) in [7, 11) is 0. The Balaban J connectivity index is 1.41. The molecule has 0 aliphatic heterocycles. The summed E-state index contributed by atoms with van der Waals surface area (Å²) in [5.74, 6) is 0.128. The molecule has 0 atom stereocenters. The second kappa shape index (κ2) is 5.73. The zero-order valence-electron chi connectivity index (χ0n) is 13.5. The van der Waals surface area contributed by atoms with Gasteiger partial charge in [-0.15, -0.1) is 10.2 Å². The molecule has 1 aromatic carbocycles. The Bertz CT molecular complexity index is 1200. The highest BCUT2D eigenvalue weighted by molar-refractivity contribution is 7.15. The monoisotopic (exact) mass is 367 g/mol. The molecule has 5 rings (SSSR count). The maximum absolute atomic E-state index is 12.6. The molecule has 130 valence electrons. The first-order chi connectivity index (χ1) is 12.7. The molecule has 8 nitrogen and oxygen atoms in total. The smallest absolute Gasteiger partial charge is 0.297 e. The number of benzene rings is 1. The van der Waals surface area contributed by atoms with Crippen LogP contribution in [-0.4, -0.2) is 25.7 Å². The van der Waals surface area contributed by atoms with Crippen molar-refractivity contribution in [2.24, 2.45) is 0 Å². The van der Waals surface area contributed by atoms with E-state index < -0.39 is 5.56 Å². The summed E-state index contributed by atoms with van der Waals surface area (Å²) in [4.78, 5) is 29.1. The third-order valence-electron chi connectivity index (χ3n) is 4.28. The van der Waals surface area contributed by atoms with Gasteiger partial charge in [-0.05, 0) is 25.0 Å². The lowest BCUT2D eigenvalue weighted by molar-refractivity contribution is -0.116. The second-order valence-electron chi connectivity index (χ2n) is 6.22. The van der Waals surface area contributed by atoms with E-state index >= 15 is 0 Å². The molecule has 9 heteroatoms. The van der Waals surface area contributed by atoms with Gasteiger partial charge in [-0.2, -0.15) is 0 Å². The summed E-state index contributed by atoms with van der Waals surface area (Å²) in [6, 6.07) is 7.31. The van der Waals surface area contributed by atoms with Crippen molar-refractivity contribution in [2.75, 3.05) is 5.32 Å². The summed E-state index contributed by atoms with van der Waals surface area (Å²) in [6.45, 7) is -0.169. The number of furan rings is 1. The molecule has 26 heavy (non-hydrogen) atoms. The average Bonchev–Trinajstić information content (AvgIpc) is 3.27. The van der Waals surface area contributed by atoms with Gasteiger partial charge in [-0.1, -0.05) is 23.5 Å². The third-order valence-corrected chi connectivity index (χ3v) is 5.28. The van der Waals surface area contributed by atoms with E-state index in [2.05, 4.69) is 20.5 Å². The van der Waals surface area contributed by atoms with Gasteiger partial charge in [0.25, 0.3) is 5.56 Å². The van der Waals surface area contributed by atoms with Crippen molar-refractivity contribution in [3.63, 3.8) is 0 Å². The number of hydrogen-bond acceptors (Lipinski definition) is 7. The van der Waals surface area contributed by atoms with Crippen LogP contribution in [0.5, 0.6) is 0 Å². The zero-order chi connectivity index (χ0) is 17.7. The van der Waals surface area contributed by atoms with Crippen molar-refractivity contribution in [1.29, 1.82) is 0 Å². The number of carbonyl (C=O) groups excluding carboxylic acids is 1. The molecule has 1 saturated carbocycles. The number of hydrogen-bond donors (Lipinski definition) is 1. The van der Waals surface area contributed by atoms with Crippen molar-refractivity contribution in [1.82, 2.24) is 19.7 Å². The van der Waals surface area contributed by atoms with Gasteiger partial charge >= 0.3 is 0 Å². The van der Waals surface area contributed by atoms with Gasteiger partial charge in [0.15, 0.2) is 0 Å². The number of amides is 1. The van der Waals surface area contributed by atoms with Crippen LogP contribution in [0.2, 0.25) is 0 Å². The molecule has 1 fully saturated rings. The molecule has 0 bridgehead atoms. The fourth-order valence-electron chi connectivity index (χ4n) is 2.82. The SMILES string of the molecule is O=C(Cn1cnc2c(oc3ccccc32)c1=O)Nc1nnc(C2CC2)s1. The van der Waals surface area contributed by atoms with E-state index in [1.165, 1.54) is 22.2 Å². The van der Waals surface area contributed by atoms with Crippen molar-refractivity contribution in [3.05, 3.63) is 46.0 Å². The minimum atomic E-state index is -0.391. The number of nitrogens with one attached hydrogen (secondary N) is 1. The molecule has 0 spiro atoms. The van der Waals surface area contributed by atoms with Gasteiger partial charge in [0.2, 0.25) is 16.6 Å². The van der Waals surface area contributed by atoms with Crippen LogP contribution < -0.4 is 10.9 Å². The molecule has 1 aliphatic carbocycles. The van der Waals surface area contributed by atoms with Crippen LogP contribution in [0.3, 0.4) is 0 Å². The predicted octanol–water partition coefficient (Wildman–Crippen LogP) is 2.51. The van der Waals surface area contributed by atoms with Crippen LogP contribution in [0.4, 0.5) is 5.13 Å². The summed E-state index contributed by atoms with van der Waals surface area (Å²) in [6.07, 6.45) is 3.62. The molecule has 0 unspecified atom stereocenters. The van der Waals surface area contributed by atoms with Gasteiger partial charge in [0.05, 0.1) is 6.33 Å². The molecule has 4 aromatic rings. The number of nitrogens with zero attached hydrogens (tertiary/aromatic N) is 4. The number of carbonyl (C=O) groups is 1. The van der Waals surface area contributed by atoms with E-state index in [4.69, 9.17) is 4.42 Å². The molecule has 0 radical (unpaired) electrons. The fraction of sp³-hybridized carbons (Fsp3) is 0.235.